The zero-order chi connectivity index (χ0) is 19.0. The van der Waals surface area contributed by atoms with Gasteiger partial charge in [-0.25, -0.2) is 9.67 Å². The van der Waals surface area contributed by atoms with Crippen molar-refractivity contribution in [2.45, 2.75) is 51.8 Å². The second-order valence-corrected chi connectivity index (χ2v) is 7.03. The summed E-state index contributed by atoms with van der Waals surface area (Å²) in [5.74, 6) is -1.12. The molecule has 2 atom stereocenters. The summed E-state index contributed by atoms with van der Waals surface area (Å²) < 4.78 is 7.16. The molecule has 1 aliphatic rings. The van der Waals surface area contributed by atoms with Gasteiger partial charge in [-0.05, 0) is 33.3 Å². The maximum Gasteiger partial charge on any atom is 0.305 e. The Morgan fingerprint density at radius 1 is 1.42 bits per heavy atom. The van der Waals surface area contributed by atoms with Gasteiger partial charge in [0.15, 0.2) is 5.65 Å². The fraction of sp³-hybridized carbons (Fsp3) is 0.556. The molecule has 0 bridgehead atoms. The Kier molecular flexibility index (Phi) is 4.95. The predicted octanol–water partition coefficient (Wildman–Crippen LogP) is 2.02. The molecule has 8 heteroatoms. The number of carboxylic acid groups (broad SMARTS) is 1. The molecule has 2 aromatic rings. The molecule has 0 saturated carbocycles. The first-order valence-corrected chi connectivity index (χ1v) is 8.72. The summed E-state index contributed by atoms with van der Waals surface area (Å²) >= 11 is 0. The topological polar surface area (TPSA) is 97.6 Å². The standard InChI is InChI=1S/C18H24N4O4/c1-10(2)22-17-15(8-19-22)14(5-11(3)20-17)18(25)21-9-13(26-4)6-12(21)7-16(23)24/h5,8,10,12-13H,6-7,9H2,1-4H3,(H,23,24). The fourth-order valence-electron chi connectivity index (χ4n) is 3.54. The number of carbonyl (C=O) groups excluding carboxylic acids is 1. The third-order valence-electron chi connectivity index (χ3n) is 4.79. The SMILES string of the molecule is COC1CC(CC(=O)O)N(C(=O)c2cc(C)nc3c2cnn3C(C)C)C1. The molecule has 1 saturated heterocycles. The second kappa shape index (κ2) is 7.03. The first-order valence-electron chi connectivity index (χ1n) is 8.72. The van der Waals surface area contributed by atoms with Gasteiger partial charge in [0.1, 0.15) is 0 Å². The second-order valence-electron chi connectivity index (χ2n) is 7.03. The van der Waals surface area contributed by atoms with Gasteiger partial charge >= 0.3 is 5.97 Å². The van der Waals surface area contributed by atoms with Gasteiger partial charge in [-0.15, -0.1) is 0 Å². The number of aliphatic carboxylic acids is 1. The van der Waals surface area contributed by atoms with Gasteiger partial charge in [0, 0.05) is 31.4 Å². The molecule has 3 heterocycles. The predicted molar refractivity (Wildman–Crippen MR) is 95.1 cm³/mol. The number of hydrogen-bond donors (Lipinski definition) is 1. The van der Waals surface area contributed by atoms with E-state index in [-0.39, 0.29) is 30.5 Å². The number of amides is 1. The van der Waals surface area contributed by atoms with Gasteiger partial charge in [-0.2, -0.15) is 5.10 Å². The van der Waals surface area contributed by atoms with Gasteiger partial charge < -0.3 is 14.7 Å². The fourth-order valence-corrected chi connectivity index (χ4v) is 3.54. The van der Waals surface area contributed by atoms with Crippen LogP contribution in [0.15, 0.2) is 12.3 Å². The molecule has 0 aromatic carbocycles. The monoisotopic (exact) mass is 360 g/mol. The first kappa shape index (κ1) is 18.3. The Morgan fingerprint density at radius 2 is 2.15 bits per heavy atom. The molecule has 1 N–H and O–H groups in total. The first-order chi connectivity index (χ1) is 12.3. The van der Waals surface area contributed by atoms with E-state index >= 15 is 0 Å². The van der Waals surface area contributed by atoms with Crippen LogP contribution >= 0.6 is 0 Å². The van der Waals surface area contributed by atoms with Crippen molar-refractivity contribution in [3.8, 4) is 0 Å². The molecule has 1 amide bonds. The van der Waals surface area contributed by atoms with Crippen molar-refractivity contribution < 1.29 is 19.4 Å². The van der Waals surface area contributed by atoms with Gasteiger partial charge in [-0.3, -0.25) is 9.59 Å². The number of methoxy groups -OCH3 is 1. The Hall–Kier alpha value is -2.48. The number of hydrogen-bond acceptors (Lipinski definition) is 5. The van der Waals surface area contributed by atoms with Crippen LogP contribution in [0.25, 0.3) is 11.0 Å². The molecule has 3 rings (SSSR count). The van der Waals surface area contributed by atoms with Crippen LogP contribution in [0.3, 0.4) is 0 Å². The lowest BCUT2D eigenvalue weighted by molar-refractivity contribution is -0.137. The lowest BCUT2D eigenvalue weighted by atomic mass is 10.1. The number of likely N-dealkylation sites (tertiary alicyclic amines) is 1. The van der Waals surface area contributed by atoms with E-state index in [1.807, 2.05) is 20.8 Å². The molecule has 0 radical (unpaired) electrons. The van der Waals surface area contributed by atoms with Crippen molar-refractivity contribution in [1.29, 1.82) is 0 Å². The highest BCUT2D eigenvalue weighted by molar-refractivity contribution is 6.05. The number of rotatable bonds is 5. The van der Waals surface area contributed by atoms with E-state index in [4.69, 9.17) is 4.74 Å². The van der Waals surface area contributed by atoms with E-state index in [1.165, 1.54) is 0 Å². The van der Waals surface area contributed by atoms with Crippen LogP contribution in [0, 0.1) is 6.92 Å². The molecule has 1 aliphatic heterocycles. The number of ether oxygens (including phenoxy) is 1. The van der Waals surface area contributed by atoms with Gasteiger partial charge in [-0.1, -0.05) is 0 Å². The molecule has 2 unspecified atom stereocenters. The van der Waals surface area contributed by atoms with Crippen molar-refractivity contribution in [2.24, 2.45) is 0 Å². The largest absolute Gasteiger partial charge is 0.481 e. The van der Waals surface area contributed by atoms with Crippen LogP contribution in [0.1, 0.15) is 48.8 Å². The minimum absolute atomic E-state index is 0.0932. The normalized spacial score (nSPS) is 20.3. The van der Waals surface area contributed by atoms with Crippen molar-refractivity contribution in [1.82, 2.24) is 19.7 Å². The average Bonchev–Trinajstić information content (AvgIpc) is 3.16. The third-order valence-corrected chi connectivity index (χ3v) is 4.79. The summed E-state index contributed by atoms with van der Waals surface area (Å²) in [6.45, 7) is 6.23. The van der Waals surface area contributed by atoms with E-state index in [1.54, 1.807) is 29.0 Å². The van der Waals surface area contributed by atoms with E-state index in [2.05, 4.69) is 10.1 Å². The van der Waals surface area contributed by atoms with Crippen LogP contribution in [0.2, 0.25) is 0 Å². The summed E-state index contributed by atoms with van der Waals surface area (Å²) in [6.07, 6.45) is 1.93. The quantitative estimate of drug-likeness (QED) is 0.876. The number of fused-ring (bicyclic) bond motifs is 1. The Bertz CT molecular complexity index is 845. The highest BCUT2D eigenvalue weighted by atomic mass is 16.5. The van der Waals surface area contributed by atoms with Gasteiger partial charge in [0.25, 0.3) is 5.91 Å². The lowest BCUT2D eigenvalue weighted by Crippen LogP contribution is -2.37. The zero-order valence-corrected chi connectivity index (χ0v) is 15.5. The highest BCUT2D eigenvalue weighted by Gasteiger charge is 2.37. The summed E-state index contributed by atoms with van der Waals surface area (Å²) in [6, 6.07) is 1.48. The number of carboxylic acids is 1. The van der Waals surface area contributed by atoms with E-state index in [9.17, 15) is 14.7 Å². The molecule has 2 aromatic heterocycles. The third kappa shape index (κ3) is 3.29. The highest BCUT2D eigenvalue weighted by Crippen LogP contribution is 2.28. The van der Waals surface area contributed by atoms with E-state index < -0.39 is 5.97 Å². The van der Waals surface area contributed by atoms with Crippen LogP contribution in [0.4, 0.5) is 0 Å². The van der Waals surface area contributed by atoms with Crippen molar-refractivity contribution in [2.75, 3.05) is 13.7 Å². The summed E-state index contributed by atoms with van der Waals surface area (Å²) in [5, 5.41) is 14.2. The van der Waals surface area contributed by atoms with Gasteiger partial charge in [0.05, 0.1) is 29.7 Å². The maximum absolute atomic E-state index is 13.3. The summed E-state index contributed by atoms with van der Waals surface area (Å²) in [4.78, 5) is 30.6. The molecule has 1 fully saturated rings. The van der Waals surface area contributed by atoms with Crippen molar-refractivity contribution in [3.63, 3.8) is 0 Å². The molecular formula is C18H24N4O4. The molecule has 26 heavy (non-hydrogen) atoms. The Morgan fingerprint density at radius 3 is 2.77 bits per heavy atom. The maximum atomic E-state index is 13.3. The summed E-state index contributed by atoms with van der Waals surface area (Å²) in [7, 11) is 1.58. The van der Waals surface area contributed by atoms with Crippen LogP contribution in [-0.2, 0) is 9.53 Å². The Balaban J connectivity index is 2.02. The number of aryl methyl sites for hydroxylation is 1. The van der Waals surface area contributed by atoms with Crippen LogP contribution < -0.4 is 0 Å². The van der Waals surface area contributed by atoms with E-state index in [0.29, 0.717) is 29.6 Å². The number of nitrogens with zero attached hydrogens (tertiary/aromatic N) is 4. The van der Waals surface area contributed by atoms with Crippen LogP contribution in [-0.4, -0.2) is 62.4 Å². The number of pyridine rings is 1. The van der Waals surface area contributed by atoms with Crippen molar-refractivity contribution in [3.05, 3.63) is 23.5 Å². The van der Waals surface area contributed by atoms with Crippen molar-refractivity contribution >= 4 is 22.9 Å². The number of aromatic nitrogens is 3. The summed E-state index contributed by atoms with van der Waals surface area (Å²) in [5.41, 5.74) is 1.90. The lowest BCUT2D eigenvalue weighted by Gasteiger charge is -2.23. The minimum atomic E-state index is -0.923. The number of carbonyl (C=O) groups is 2. The zero-order valence-electron chi connectivity index (χ0n) is 15.5. The molecule has 0 spiro atoms. The smallest absolute Gasteiger partial charge is 0.305 e. The minimum Gasteiger partial charge on any atom is -0.481 e. The van der Waals surface area contributed by atoms with Crippen LogP contribution in [0.5, 0.6) is 0 Å². The van der Waals surface area contributed by atoms with Gasteiger partial charge in [0.2, 0.25) is 0 Å². The van der Waals surface area contributed by atoms with E-state index in [0.717, 1.165) is 5.69 Å². The molecular weight excluding hydrogens is 336 g/mol. The Labute approximate surface area is 151 Å². The molecule has 0 aliphatic carbocycles. The average molecular weight is 360 g/mol. The molecule has 140 valence electrons. The molecule has 8 nitrogen and oxygen atoms in total.